The van der Waals surface area contributed by atoms with Gasteiger partial charge in [-0.05, 0) is 19.3 Å². The van der Waals surface area contributed by atoms with E-state index >= 15 is 0 Å². The van der Waals surface area contributed by atoms with Crippen molar-refractivity contribution >= 4 is 0 Å². The number of rotatable bonds is 2. The number of piperidine rings is 1. The summed E-state index contributed by atoms with van der Waals surface area (Å²) in [5, 5.41) is 38.4. The summed E-state index contributed by atoms with van der Waals surface area (Å²) in [7, 11) is 0. The molecule has 2 fully saturated rings. The monoisotopic (exact) mass is 248 g/mol. The molecule has 0 saturated carbocycles. The minimum atomic E-state index is -1.25. The molecule has 0 aliphatic carbocycles. The molecule has 0 spiro atoms. The zero-order valence-electron chi connectivity index (χ0n) is 9.83. The van der Waals surface area contributed by atoms with Gasteiger partial charge in [0.15, 0.2) is 6.10 Å². The standard InChI is InChI=1S/C11H21NO5/c13-6-7-8(14)9(15)10(16)11(17-7)12-4-2-1-3-5-12/h7-11,13-16H,1-6H2/p+1/t7-,8+,9+,10-,11-/m0/s1. The Balaban J connectivity index is 2.04. The quantitative estimate of drug-likeness (QED) is 0.356. The summed E-state index contributed by atoms with van der Waals surface area (Å²) in [4.78, 5) is 1.09. The fourth-order valence-electron chi connectivity index (χ4n) is 2.73. The number of nitrogens with one attached hydrogen (secondary N) is 1. The molecule has 0 aromatic rings. The van der Waals surface area contributed by atoms with Gasteiger partial charge in [0.05, 0.1) is 19.7 Å². The Morgan fingerprint density at radius 2 is 1.59 bits per heavy atom. The third-order valence-electron chi connectivity index (χ3n) is 3.79. The summed E-state index contributed by atoms with van der Waals surface area (Å²) in [5.74, 6) is 0. The van der Waals surface area contributed by atoms with Gasteiger partial charge >= 0.3 is 0 Å². The van der Waals surface area contributed by atoms with Crippen LogP contribution in [0.2, 0.25) is 0 Å². The first kappa shape index (κ1) is 13.2. The maximum Gasteiger partial charge on any atom is 0.221 e. The SMILES string of the molecule is OC[C@@H]1O[C@H]([NH+]2CCCCC2)[C@@H](O)[C@H](O)[C@@H]1O. The molecule has 6 nitrogen and oxygen atoms in total. The van der Waals surface area contributed by atoms with Crippen LogP contribution in [0, 0.1) is 0 Å². The molecule has 2 aliphatic rings. The third kappa shape index (κ3) is 2.62. The average molecular weight is 248 g/mol. The van der Waals surface area contributed by atoms with Crippen molar-refractivity contribution in [3.05, 3.63) is 0 Å². The molecule has 0 radical (unpaired) electrons. The summed E-state index contributed by atoms with van der Waals surface area (Å²) < 4.78 is 5.52. The van der Waals surface area contributed by atoms with Crippen LogP contribution in [0.25, 0.3) is 0 Å². The van der Waals surface area contributed by atoms with Gasteiger partial charge < -0.3 is 30.1 Å². The van der Waals surface area contributed by atoms with E-state index in [1.807, 2.05) is 0 Å². The fourth-order valence-corrected chi connectivity index (χ4v) is 2.73. The Kier molecular flexibility index (Phi) is 4.35. The molecule has 6 heteroatoms. The van der Waals surface area contributed by atoms with E-state index in [1.165, 1.54) is 6.42 Å². The molecule has 2 aliphatic heterocycles. The maximum absolute atomic E-state index is 9.94. The first-order chi connectivity index (χ1) is 8.15. The molecule has 0 unspecified atom stereocenters. The lowest BCUT2D eigenvalue weighted by Gasteiger charge is -2.43. The lowest BCUT2D eigenvalue weighted by Crippen LogP contribution is -3.19. The van der Waals surface area contributed by atoms with Crippen LogP contribution in [0.15, 0.2) is 0 Å². The smallest absolute Gasteiger partial charge is 0.221 e. The normalized spacial score (nSPS) is 44.8. The molecule has 2 heterocycles. The molecule has 5 atom stereocenters. The van der Waals surface area contributed by atoms with E-state index in [2.05, 4.69) is 0 Å². The van der Waals surface area contributed by atoms with E-state index in [0.717, 1.165) is 30.8 Å². The van der Waals surface area contributed by atoms with Crippen molar-refractivity contribution in [2.45, 2.75) is 49.9 Å². The van der Waals surface area contributed by atoms with Crippen molar-refractivity contribution < 1.29 is 30.1 Å². The van der Waals surface area contributed by atoms with E-state index in [1.54, 1.807) is 0 Å². The Morgan fingerprint density at radius 3 is 2.18 bits per heavy atom. The van der Waals surface area contributed by atoms with E-state index in [-0.39, 0.29) is 6.61 Å². The van der Waals surface area contributed by atoms with Crippen LogP contribution >= 0.6 is 0 Å². The molecule has 5 N–H and O–H groups in total. The minimum Gasteiger partial charge on any atom is -0.394 e. The Morgan fingerprint density at radius 1 is 0.941 bits per heavy atom. The van der Waals surface area contributed by atoms with Gasteiger partial charge in [0.1, 0.15) is 18.3 Å². The number of hydrogen-bond donors (Lipinski definition) is 5. The van der Waals surface area contributed by atoms with Gasteiger partial charge in [0.2, 0.25) is 6.23 Å². The van der Waals surface area contributed by atoms with Crippen LogP contribution in [0.5, 0.6) is 0 Å². The predicted molar refractivity (Wildman–Crippen MR) is 58.3 cm³/mol. The van der Waals surface area contributed by atoms with Crippen LogP contribution in [0.4, 0.5) is 0 Å². The summed E-state index contributed by atoms with van der Waals surface area (Å²) in [6.07, 6.45) is -1.61. The highest BCUT2D eigenvalue weighted by Gasteiger charge is 2.48. The second-order valence-electron chi connectivity index (χ2n) is 4.97. The minimum absolute atomic E-state index is 0.352. The Labute approximate surface area is 100 Å². The second-order valence-corrected chi connectivity index (χ2v) is 4.97. The number of likely N-dealkylation sites (tertiary alicyclic amines) is 1. The van der Waals surface area contributed by atoms with Gasteiger partial charge in [0, 0.05) is 0 Å². The topological polar surface area (TPSA) is 94.6 Å². The Hall–Kier alpha value is -0.240. The molecule has 17 heavy (non-hydrogen) atoms. The van der Waals surface area contributed by atoms with E-state index in [0.29, 0.717) is 0 Å². The van der Waals surface area contributed by atoms with E-state index in [4.69, 9.17) is 9.84 Å². The zero-order valence-corrected chi connectivity index (χ0v) is 9.83. The predicted octanol–water partition coefficient (Wildman–Crippen LogP) is -3.14. The number of quaternary nitrogens is 1. The zero-order chi connectivity index (χ0) is 12.4. The third-order valence-corrected chi connectivity index (χ3v) is 3.79. The number of aliphatic hydroxyl groups excluding tert-OH is 4. The van der Waals surface area contributed by atoms with Crippen molar-refractivity contribution in [3.63, 3.8) is 0 Å². The highest BCUT2D eigenvalue weighted by atomic mass is 16.6. The highest BCUT2D eigenvalue weighted by molar-refractivity contribution is 4.88. The molecular weight excluding hydrogens is 226 g/mol. The molecular formula is C11H22NO5+. The molecule has 100 valence electrons. The molecule has 0 aromatic heterocycles. The lowest BCUT2D eigenvalue weighted by molar-refractivity contribution is -0.959. The van der Waals surface area contributed by atoms with Crippen LogP contribution in [-0.4, -0.2) is 70.8 Å². The van der Waals surface area contributed by atoms with Gasteiger partial charge in [-0.15, -0.1) is 0 Å². The first-order valence-electron chi connectivity index (χ1n) is 6.30. The van der Waals surface area contributed by atoms with Crippen LogP contribution in [-0.2, 0) is 4.74 Å². The highest BCUT2D eigenvalue weighted by Crippen LogP contribution is 2.18. The number of hydrogen-bond acceptors (Lipinski definition) is 5. The van der Waals surface area contributed by atoms with Crippen molar-refractivity contribution in [1.29, 1.82) is 0 Å². The van der Waals surface area contributed by atoms with Gasteiger partial charge in [-0.1, -0.05) is 0 Å². The average Bonchev–Trinajstić information content (AvgIpc) is 2.37. The lowest BCUT2D eigenvalue weighted by atomic mass is 9.97. The van der Waals surface area contributed by atoms with Crippen molar-refractivity contribution in [1.82, 2.24) is 0 Å². The van der Waals surface area contributed by atoms with Gasteiger partial charge in [-0.3, -0.25) is 0 Å². The van der Waals surface area contributed by atoms with Crippen LogP contribution in [0.3, 0.4) is 0 Å². The van der Waals surface area contributed by atoms with Gasteiger partial charge in [-0.25, -0.2) is 0 Å². The van der Waals surface area contributed by atoms with Crippen molar-refractivity contribution in [2.75, 3.05) is 19.7 Å². The molecule has 0 amide bonds. The van der Waals surface area contributed by atoms with Crippen molar-refractivity contribution in [2.24, 2.45) is 0 Å². The summed E-state index contributed by atoms with van der Waals surface area (Å²) in [5.41, 5.74) is 0. The molecule has 0 aromatic carbocycles. The van der Waals surface area contributed by atoms with Crippen LogP contribution in [0.1, 0.15) is 19.3 Å². The number of aliphatic hydroxyl groups is 4. The van der Waals surface area contributed by atoms with Crippen LogP contribution < -0.4 is 4.90 Å². The summed E-state index contributed by atoms with van der Waals surface area (Å²) in [6.45, 7) is 1.43. The first-order valence-corrected chi connectivity index (χ1v) is 6.30. The largest absolute Gasteiger partial charge is 0.394 e. The summed E-state index contributed by atoms with van der Waals surface area (Å²) >= 11 is 0. The maximum atomic E-state index is 9.94. The van der Waals surface area contributed by atoms with E-state index in [9.17, 15) is 15.3 Å². The molecule has 2 rings (SSSR count). The fraction of sp³-hybridized carbons (Fsp3) is 1.00. The summed E-state index contributed by atoms with van der Waals surface area (Å²) in [6, 6.07) is 0. The van der Waals surface area contributed by atoms with Gasteiger partial charge in [-0.2, -0.15) is 0 Å². The molecule has 2 saturated heterocycles. The molecule has 0 bridgehead atoms. The number of ether oxygens (including phenoxy) is 1. The second kappa shape index (κ2) is 5.60. The van der Waals surface area contributed by atoms with Crippen molar-refractivity contribution in [3.8, 4) is 0 Å². The van der Waals surface area contributed by atoms with E-state index < -0.39 is 30.6 Å². The van der Waals surface area contributed by atoms with Gasteiger partial charge in [0.25, 0.3) is 0 Å². The Bertz CT molecular complexity index is 242.